The molecular formula is C15H21BrO3. The minimum atomic E-state index is -0.839. The fourth-order valence-corrected chi connectivity index (χ4v) is 2.78. The minimum absolute atomic E-state index is 0.329. The summed E-state index contributed by atoms with van der Waals surface area (Å²) in [6.45, 7) is 6.08. The number of rotatable bonds is 6. The van der Waals surface area contributed by atoms with Crippen LogP contribution in [0.4, 0.5) is 0 Å². The Labute approximate surface area is 123 Å². The molecule has 0 bridgehead atoms. The molecule has 0 amide bonds. The van der Waals surface area contributed by atoms with Crippen molar-refractivity contribution < 1.29 is 14.6 Å². The Morgan fingerprint density at radius 2 is 2.11 bits per heavy atom. The number of aryl methyl sites for hydroxylation is 1. The predicted molar refractivity (Wildman–Crippen MR) is 78.9 cm³/mol. The number of halogens is 1. The number of carbonyl (C=O) groups is 1. The molecule has 1 rings (SSSR count). The molecule has 0 spiro atoms. The average molecular weight is 329 g/mol. The summed E-state index contributed by atoms with van der Waals surface area (Å²) in [5.74, 6) is -0.840. The second-order valence-electron chi connectivity index (χ2n) is 4.62. The zero-order chi connectivity index (χ0) is 14.4. The Bertz CT molecular complexity index is 431. The highest BCUT2D eigenvalue weighted by Crippen LogP contribution is 2.32. The Hall–Kier alpha value is -0.870. The zero-order valence-corrected chi connectivity index (χ0v) is 13.2. The molecule has 0 aliphatic rings. The van der Waals surface area contributed by atoms with Gasteiger partial charge in [-0.3, -0.25) is 4.79 Å². The highest BCUT2D eigenvalue weighted by atomic mass is 79.9. The lowest BCUT2D eigenvalue weighted by molar-refractivity contribution is -0.152. The molecule has 1 aromatic rings. The molecule has 1 N–H and O–H groups in total. The Morgan fingerprint density at radius 1 is 1.42 bits per heavy atom. The van der Waals surface area contributed by atoms with Gasteiger partial charge in [-0.15, -0.1) is 0 Å². The van der Waals surface area contributed by atoms with E-state index in [1.807, 2.05) is 32.0 Å². The first-order chi connectivity index (χ1) is 9.01. The topological polar surface area (TPSA) is 46.5 Å². The fraction of sp³-hybridized carbons (Fsp3) is 0.533. The monoisotopic (exact) mass is 328 g/mol. The zero-order valence-electron chi connectivity index (χ0n) is 11.6. The maximum atomic E-state index is 11.9. The molecule has 0 aromatic heterocycles. The van der Waals surface area contributed by atoms with E-state index in [1.54, 1.807) is 6.92 Å². The van der Waals surface area contributed by atoms with Crippen LogP contribution in [0, 0.1) is 12.8 Å². The van der Waals surface area contributed by atoms with Gasteiger partial charge in [-0.1, -0.05) is 41.4 Å². The molecule has 0 saturated heterocycles. The summed E-state index contributed by atoms with van der Waals surface area (Å²) in [4.78, 5) is 11.9. The number of aliphatic hydroxyl groups is 1. The van der Waals surface area contributed by atoms with Crippen LogP contribution in [0.15, 0.2) is 22.7 Å². The predicted octanol–water partition coefficient (Wildman–Crippen LogP) is 3.77. The molecule has 0 saturated carbocycles. The lowest BCUT2D eigenvalue weighted by Gasteiger charge is -2.22. The number of hydrogen-bond acceptors (Lipinski definition) is 3. The Kier molecular flexibility index (Phi) is 6.52. The lowest BCUT2D eigenvalue weighted by atomic mass is 9.91. The molecule has 2 unspecified atom stereocenters. The van der Waals surface area contributed by atoms with Gasteiger partial charge in [-0.25, -0.2) is 0 Å². The molecule has 0 fully saturated rings. The molecule has 3 nitrogen and oxygen atoms in total. The summed E-state index contributed by atoms with van der Waals surface area (Å²) in [7, 11) is 0. The molecule has 0 aliphatic carbocycles. The highest BCUT2D eigenvalue weighted by Gasteiger charge is 2.29. The summed E-state index contributed by atoms with van der Waals surface area (Å²) >= 11 is 3.44. The number of aliphatic hydroxyl groups excluding tert-OH is 1. The van der Waals surface area contributed by atoms with E-state index in [9.17, 15) is 9.90 Å². The summed E-state index contributed by atoms with van der Waals surface area (Å²) in [6.07, 6.45) is 0.596. The van der Waals surface area contributed by atoms with E-state index in [2.05, 4.69) is 15.9 Å². The van der Waals surface area contributed by atoms with Crippen LogP contribution in [0.1, 0.15) is 43.9 Å². The standard InChI is InChI=1S/C15H21BrO3/c1-4-6-12(15(18)19-5-2)14(17)11-8-7-10(3)9-13(11)16/h7-9,12,14,17H,4-6H2,1-3H3. The van der Waals surface area contributed by atoms with E-state index in [0.29, 0.717) is 13.0 Å². The molecule has 19 heavy (non-hydrogen) atoms. The lowest BCUT2D eigenvalue weighted by Crippen LogP contribution is -2.24. The van der Waals surface area contributed by atoms with Gasteiger partial charge in [0.25, 0.3) is 0 Å². The summed E-state index contributed by atoms with van der Waals surface area (Å²) in [6, 6.07) is 5.72. The van der Waals surface area contributed by atoms with Gasteiger partial charge < -0.3 is 9.84 Å². The van der Waals surface area contributed by atoms with Crippen LogP contribution in [0.5, 0.6) is 0 Å². The van der Waals surface area contributed by atoms with Gasteiger partial charge in [-0.2, -0.15) is 0 Å². The van der Waals surface area contributed by atoms with E-state index in [0.717, 1.165) is 22.0 Å². The van der Waals surface area contributed by atoms with Crippen molar-refractivity contribution in [2.24, 2.45) is 5.92 Å². The number of ether oxygens (including phenoxy) is 1. The molecule has 0 aliphatic heterocycles. The van der Waals surface area contributed by atoms with Gasteiger partial charge in [-0.05, 0) is 37.5 Å². The van der Waals surface area contributed by atoms with Crippen LogP contribution in [0.3, 0.4) is 0 Å². The van der Waals surface area contributed by atoms with Gasteiger partial charge in [0.05, 0.1) is 18.6 Å². The fourth-order valence-electron chi connectivity index (χ4n) is 2.05. The van der Waals surface area contributed by atoms with E-state index in [4.69, 9.17) is 4.74 Å². The molecular weight excluding hydrogens is 308 g/mol. The number of benzene rings is 1. The van der Waals surface area contributed by atoms with E-state index in [1.165, 1.54) is 0 Å². The third-order valence-electron chi connectivity index (χ3n) is 3.04. The summed E-state index contributed by atoms with van der Waals surface area (Å²) in [5, 5.41) is 10.4. The summed E-state index contributed by atoms with van der Waals surface area (Å²) in [5.41, 5.74) is 1.84. The molecule has 2 atom stereocenters. The third-order valence-corrected chi connectivity index (χ3v) is 3.73. The van der Waals surface area contributed by atoms with Crippen molar-refractivity contribution in [3.8, 4) is 0 Å². The Balaban J connectivity index is 2.98. The molecule has 0 heterocycles. The van der Waals surface area contributed by atoms with Crippen LogP contribution in [0.2, 0.25) is 0 Å². The van der Waals surface area contributed by atoms with Crippen molar-refractivity contribution in [1.29, 1.82) is 0 Å². The first-order valence-corrected chi connectivity index (χ1v) is 7.41. The molecule has 106 valence electrons. The van der Waals surface area contributed by atoms with Crippen molar-refractivity contribution in [3.05, 3.63) is 33.8 Å². The van der Waals surface area contributed by atoms with Gasteiger partial charge in [0, 0.05) is 4.47 Å². The highest BCUT2D eigenvalue weighted by molar-refractivity contribution is 9.10. The van der Waals surface area contributed by atoms with Crippen LogP contribution in [-0.4, -0.2) is 17.7 Å². The minimum Gasteiger partial charge on any atom is -0.466 e. The Morgan fingerprint density at radius 3 is 2.63 bits per heavy atom. The van der Waals surface area contributed by atoms with Crippen molar-refractivity contribution in [2.45, 2.75) is 39.7 Å². The van der Waals surface area contributed by atoms with Crippen LogP contribution >= 0.6 is 15.9 Å². The van der Waals surface area contributed by atoms with E-state index < -0.39 is 12.0 Å². The van der Waals surface area contributed by atoms with Crippen molar-refractivity contribution in [3.63, 3.8) is 0 Å². The third kappa shape index (κ3) is 4.32. The van der Waals surface area contributed by atoms with Crippen LogP contribution < -0.4 is 0 Å². The van der Waals surface area contributed by atoms with E-state index >= 15 is 0 Å². The van der Waals surface area contributed by atoms with Gasteiger partial charge in [0.15, 0.2) is 0 Å². The van der Waals surface area contributed by atoms with Crippen molar-refractivity contribution in [1.82, 2.24) is 0 Å². The summed E-state index contributed by atoms with van der Waals surface area (Å²) < 4.78 is 5.87. The second kappa shape index (κ2) is 7.65. The normalized spacial score (nSPS) is 13.9. The van der Waals surface area contributed by atoms with Crippen LogP contribution in [-0.2, 0) is 9.53 Å². The first kappa shape index (κ1) is 16.2. The maximum Gasteiger partial charge on any atom is 0.311 e. The van der Waals surface area contributed by atoms with E-state index in [-0.39, 0.29) is 5.97 Å². The van der Waals surface area contributed by atoms with Crippen molar-refractivity contribution >= 4 is 21.9 Å². The first-order valence-electron chi connectivity index (χ1n) is 6.62. The second-order valence-corrected chi connectivity index (χ2v) is 5.47. The van der Waals surface area contributed by atoms with Crippen LogP contribution in [0.25, 0.3) is 0 Å². The SMILES string of the molecule is CCCC(C(=O)OCC)C(O)c1ccc(C)cc1Br. The number of hydrogen-bond donors (Lipinski definition) is 1. The molecule has 0 radical (unpaired) electrons. The van der Waals surface area contributed by atoms with Gasteiger partial charge >= 0.3 is 5.97 Å². The number of carbonyl (C=O) groups excluding carboxylic acids is 1. The average Bonchev–Trinajstić information content (AvgIpc) is 2.35. The maximum absolute atomic E-state index is 11.9. The van der Waals surface area contributed by atoms with Crippen molar-refractivity contribution in [2.75, 3.05) is 6.61 Å². The molecule has 4 heteroatoms. The molecule has 1 aromatic carbocycles. The van der Waals surface area contributed by atoms with Gasteiger partial charge in [0.2, 0.25) is 0 Å². The number of esters is 1. The van der Waals surface area contributed by atoms with Gasteiger partial charge in [0.1, 0.15) is 0 Å². The smallest absolute Gasteiger partial charge is 0.311 e. The largest absolute Gasteiger partial charge is 0.466 e. The quantitative estimate of drug-likeness (QED) is 0.808.